The van der Waals surface area contributed by atoms with Crippen molar-refractivity contribution in [3.8, 4) is 0 Å². The molecular weight excluding hydrogens is 256 g/mol. The molecular formula is C16H25ClN2. The van der Waals surface area contributed by atoms with Crippen LogP contribution >= 0.6 is 11.6 Å². The fraction of sp³-hybridized carbons (Fsp3) is 0.625. The molecule has 2 nitrogen and oxygen atoms in total. The van der Waals surface area contributed by atoms with Gasteiger partial charge in [0.25, 0.3) is 0 Å². The van der Waals surface area contributed by atoms with E-state index in [1.165, 1.54) is 32.4 Å². The number of nitrogens with two attached hydrogens (primary N) is 1. The van der Waals surface area contributed by atoms with Gasteiger partial charge < -0.3 is 5.73 Å². The normalized spacial score (nSPS) is 21.6. The monoisotopic (exact) mass is 280 g/mol. The van der Waals surface area contributed by atoms with E-state index in [4.69, 9.17) is 17.3 Å². The van der Waals surface area contributed by atoms with Crippen molar-refractivity contribution < 1.29 is 0 Å². The van der Waals surface area contributed by atoms with Gasteiger partial charge in [-0.15, -0.1) is 0 Å². The van der Waals surface area contributed by atoms with Crippen molar-refractivity contribution in [2.75, 3.05) is 18.8 Å². The molecule has 0 spiro atoms. The van der Waals surface area contributed by atoms with Crippen LogP contribution in [-0.4, -0.2) is 18.0 Å². The zero-order valence-corrected chi connectivity index (χ0v) is 12.8. The fourth-order valence-electron chi connectivity index (χ4n) is 2.96. The lowest BCUT2D eigenvalue weighted by Crippen LogP contribution is -2.24. The first-order valence-corrected chi connectivity index (χ1v) is 7.70. The molecule has 1 unspecified atom stereocenters. The first kappa shape index (κ1) is 14.7. The Kier molecular flexibility index (Phi) is 5.12. The Balaban J connectivity index is 1.98. The van der Waals surface area contributed by atoms with Crippen LogP contribution in [0.1, 0.15) is 38.7 Å². The Bertz CT molecular complexity index is 417. The molecule has 0 bridgehead atoms. The predicted octanol–water partition coefficient (Wildman–Crippen LogP) is 4.18. The van der Waals surface area contributed by atoms with Gasteiger partial charge in [0.05, 0.1) is 0 Å². The van der Waals surface area contributed by atoms with E-state index in [-0.39, 0.29) is 0 Å². The number of hydrogen-bond donors (Lipinski definition) is 1. The molecule has 1 aromatic carbocycles. The van der Waals surface area contributed by atoms with Gasteiger partial charge in [0.1, 0.15) is 0 Å². The van der Waals surface area contributed by atoms with Gasteiger partial charge in [-0.25, -0.2) is 0 Å². The van der Waals surface area contributed by atoms with Crippen LogP contribution in [0, 0.1) is 11.8 Å². The van der Waals surface area contributed by atoms with Crippen molar-refractivity contribution in [3.63, 3.8) is 0 Å². The summed E-state index contributed by atoms with van der Waals surface area (Å²) in [6, 6.07) is 5.77. The second kappa shape index (κ2) is 6.62. The zero-order chi connectivity index (χ0) is 13.8. The molecule has 1 heterocycles. The molecule has 1 saturated heterocycles. The quantitative estimate of drug-likeness (QED) is 0.842. The van der Waals surface area contributed by atoms with E-state index in [1.54, 1.807) is 0 Å². The van der Waals surface area contributed by atoms with Gasteiger partial charge >= 0.3 is 0 Å². The minimum absolute atomic E-state index is 0.800. The van der Waals surface area contributed by atoms with E-state index in [0.29, 0.717) is 0 Å². The van der Waals surface area contributed by atoms with Gasteiger partial charge in [-0.2, -0.15) is 0 Å². The number of nitrogen functional groups attached to an aromatic ring is 1. The maximum Gasteiger partial charge on any atom is 0.0452 e. The molecule has 0 radical (unpaired) electrons. The molecule has 0 amide bonds. The topological polar surface area (TPSA) is 29.3 Å². The standard InChI is InChI=1S/C16H25ClN2/c1-12(2)13-4-3-8-19(9-7-13)11-14-10-15(18)5-6-16(14)17/h5-6,10,12-13H,3-4,7-9,11,18H2,1-2H3. The summed E-state index contributed by atoms with van der Waals surface area (Å²) in [6.07, 6.45) is 3.96. The lowest BCUT2D eigenvalue weighted by molar-refractivity contribution is 0.265. The summed E-state index contributed by atoms with van der Waals surface area (Å²) in [5.41, 5.74) is 7.81. The fourth-order valence-corrected chi connectivity index (χ4v) is 3.14. The number of likely N-dealkylation sites (tertiary alicyclic amines) is 1. The minimum atomic E-state index is 0.800. The Morgan fingerprint density at radius 1 is 1.32 bits per heavy atom. The van der Waals surface area contributed by atoms with Crippen molar-refractivity contribution >= 4 is 17.3 Å². The largest absolute Gasteiger partial charge is 0.399 e. The van der Waals surface area contributed by atoms with Gasteiger partial charge in [0, 0.05) is 17.3 Å². The molecule has 1 aliphatic heterocycles. The Morgan fingerprint density at radius 3 is 2.84 bits per heavy atom. The van der Waals surface area contributed by atoms with Crippen LogP contribution in [-0.2, 0) is 6.54 Å². The first-order chi connectivity index (χ1) is 9.06. The highest BCUT2D eigenvalue weighted by Crippen LogP contribution is 2.27. The number of anilines is 1. The van der Waals surface area contributed by atoms with E-state index in [1.807, 2.05) is 18.2 Å². The molecule has 19 heavy (non-hydrogen) atoms. The van der Waals surface area contributed by atoms with E-state index in [9.17, 15) is 0 Å². The van der Waals surface area contributed by atoms with Crippen LogP contribution < -0.4 is 5.73 Å². The second-order valence-corrected chi connectivity index (χ2v) is 6.47. The van der Waals surface area contributed by atoms with Gasteiger partial charge in [-0.3, -0.25) is 4.90 Å². The number of halogens is 1. The molecule has 2 rings (SSSR count). The van der Waals surface area contributed by atoms with E-state index in [0.717, 1.165) is 34.7 Å². The van der Waals surface area contributed by atoms with Crippen LogP contribution in [0.15, 0.2) is 18.2 Å². The highest BCUT2D eigenvalue weighted by Gasteiger charge is 2.19. The molecule has 3 heteroatoms. The molecule has 0 aliphatic carbocycles. The lowest BCUT2D eigenvalue weighted by Gasteiger charge is -2.22. The van der Waals surface area contributed by atoms with Crippen molar-refractivity contribution in [1.29, 1.82) is 0 Å². The molecule has 0 saturated carbocycles. The van der Waals surface area contributed by atoms with Crippen molar-refractivity contribution in [3.05, 3.63) is 28.8 Å². The van der Waals surface area contributed by atoms with Gasteiger partial charge in [-0.1, -0.05) is 25.4 Å². The first-order valence-electron chi connectivity index (χ1n) is 7.32. The molecule has 1 atom stereocenters. The summed E-state index contributed by atoms with van der Waals surface area (Å²) >= 11 is 6.25. The van der Waals surface area contributed by atoms with Crippen LogP contribution in [0.25, 0.3) is 0 Å². The van der Waals surface area contributed by atoms with Gasteiger partial charge in [0.15, 0.2) is 0 Å². The maximum absolute atomic E-state index is 6.25. The number of nitrogens with zero attached hydrogens (tertiary/aromatic N) is 1. The zero-order valence-electron chi connectivity index (χ0n) is 12.0. The summed E-state index contributed by atoms with van der Waals surface area (Å²) in [4.78, 5) is 2.52. The summed E-state index contributed by atoms with van der Waals surface area (Å²) in [7, 11) is 0. The third-order valence-corrected chi connectivity index (χ3v) is 4.64. The van der Waals surface area contributed by atoms with Crippen LogP contribution in [0.5, 0.6) is 0 Å². The third-order valence-electron chi connectivity index (χ3n) is 4.27. The maximum atomic E-state index is 6.25. The summed E-state index contributed by atoms with van der Waals surface area (Å²) in [5.74, 6) is 1.68. The Morgan fingerprint density at radius 2 is 2.11 bits per heavy atom. The lowest BCUT2D eigenvalue weighted by atomic mass is 9.89. The van der Waals surface area contributed by atoms with Crippen molar-refractivity contribution in [2.24, 2.45) is 11.8 Å². The van der Waals surface area contributed by atoms with Crippen LogP contribution in [0.2, 0.25) is 5.02 Å². The molecule has 1 aliphatic rings. The average Bonchev–Trinajstić information content (AvgIpc) is 2.59. The van der Waals surface area contributed by atoms with Gasteiger partial charge in [-0.05, 0) is 68.0 Å². The number of benzene rings is 1. The molecule has 1 fully saturated rings. The van der Waals surface area contributed by atoms with Crippen LogP contribution in [0.4, 0.5) is 5.69 Å². The molecule has 2 N–H and O–H groups in total. The highest BCUT2D eigenvalue weighted by molar-refractivity contribution is 6.31. The molecule has 1 aromatic rings. The summed E-state index contributed by atoms with van der Waals surface area (Å²) < 4.78 is 0. The van der Waals surface area contributed by atoms with Crippen molar-refractivity contribution in [1.82, 2.24) is 4.90 Å². The SMILES string of the molecule is CC(C)C1CCCN(Cc2cc(N)ccc2Cl)CC1. The third kappa shape index (κ3) is 4.12. The molecule has 106 valence electrons. The average molecular weight is 281 g/mol. The van der Waals surface area contributed by atoms with Crippen LogP contribution in [0.3, 0.4) is 0 Å². The van der Waals surface area contributed by atoms with E-state index < -0.39 is 0 Å². The highest BCUT2D eigenvalue weighted by atomic mass is 35.5. The second-order valence-electron chi connectivity index (χ2n) is 6.06. The number of hydrogen-bond acceptors (Lipinski definition) is 2. The molecule has 0 aromatic heterocycles. The Labute approximate surface area is 121 Å². The van der Waals surface area contributed by atoms with Gasteiger partial charge in [0.2, 0.25) is 0 Å². The van der Waals surface area contributed by atoms with Crippen molar-refractivity contribution in [2.45, 2.75) is 39.7 Å². The van der Waals surface area contributed by atoms with E-state index in [2.05, 4.69) is 18.7 Å². The number of rotatable bonds is 3. The predicted molar refractivity (Wildman–Crippen MR) is 83.3 cm³/mol. The summed E-state index contributed by atoms with van der Waals surface area (Å²) in [6.45, 7) is 7.96. The minimum Gasteiger partial charge on any atom is -0.399 e. The Hall–Kier alpha value is -0.730. The smallest absolute Gasteiger partial charge is 0.0452 e. The summed E-state index contributed by atoms with van der Waals surface area (Å²) in [5, 5.41) is 0.832. The van der Waals surface area contributed by atoms with E-state index >= 15 is 0 Å².